The molecule has 1 saturated heterocycles. The number of benzene rings is 1. The Hall–Kier alpha value is -1.15. The first kappa shape index (κ1) is 22.9. The maximum Gasteiger partial charge on any atom is 0.193 e. The third kappa shape index (κ3) is 6.23. The minimum atomic E-state index is -0.198. The Morgan fingerprint density at radius 1 is 1.35 bits per heavy atom. The van der Waals surface area contributed by atoms with Crippen molar-refractivity contribution >= 4 is 29.9 Å². The van der Waals surface area contributed by atoms with Gasteiger partial charge in [-0.3, -0.25) is 4.99 Å². The van der Waals surface area contributed by atoms with Crippen molar-refractivity contribution in [1.82, 2.24) is 10.2 Å². The molecule has 6 heteroatoms. The number of nitrogens with one attached hydrogen (secondary N) is 1. The molecule has 1 aromatic carbocycles. The Balaban J connectivity index is 0.00000338. The average Bonchev–Trinajstić information content (AvgIpc) is 2.64. The van der Waals surface area contributed by atoms with Crippen molar-refractivity contribution in [2.45, 2.75) is 31.1 Å². The third-order valence-corrected chi connectivity index (χ3v) is 4.97. The Morgan fingerprint density at radius 3 is 2.58 bits per heavy atom. The summed E-state index contributed by atoms with van der Waals surface area (Å²) in [6, 6.07) is 6.89. The molecular formula is C20H31FIN3O. The number of nitrogens with zero attached hydrogens (tertiary/aromatic N) is 2. The fraction of sp³-hybridized carbons (Fsp3) is 0.550. The van der Waals surface area contributed by atoms with E-state index in [0.29, 0.717) is 0 Å². The second-order valence-electron chi connectivity index (χ2n) is 6.65. The van der Waals surface area contributed by atoms with Crippen molar-refractivity contribution in [2.75, 3.05) is 40.4 Å². The monoisotopic (exact) mass is 475 g/mol. The zero-order chi connectivity index (χ0) is 18.1. The molecule has 2 rings (SSSR count). The van der Waals surface area contributed by atoms with Crippen LogP contribution in [0, 0.1) is 5.82 Å². The van der Waals surface area contributed by atoms with Crippen molar-refractivity contribution in [3.63, 3.8) is 0 Å². The number of ether oxygens (including phenoxy) is 1. The molecule has 0 radical (unpaired) electrons. The summed E-state index contributed by atoms with van der Waals surface area (Å²) in [6.45, 7) is 6.92. The predicted octanol–water partition coefficient (Wildman–Crippen LogP) is 3.97. The molecule has 1 aromatic rings. The van der Waals surface area contributed by atoms with Gasteiger partial charge in [0.2, 0.25) is 0 Å². The summed E-state index contributed by atoms with van der Waals surface area (Å²) in [4.78, 5) is 6.54. The number of allylic oxidation sites excluding steroid dienone is 1. The van der Waals surface area contributed by atoms with Crippen LogP contribution >= 0.6 is 24.0 Å². The van der Waals surface area contributed by atoms with Crippen LogP contribution < -0.4 is 5.32 Å². The Labute approximate surface area is 173 Å². The zero-order valence-corrected chi connectivity index (χ0v) is 18.2. The normalized spacial score (nSPS) is 16.5. The molecular weight excluding hydrogens is 444 g/mol. The largest absolute Gasteiger partial charge is 0.381 e. The molecule has 0 atom stereocenters. The van der Waals surface area contributed by atoms with E-state index in [4.69, 9.17) is 4.74 Å². The standard InChI is InChI=1S/C20H30FN3O.HI/c1-4-5-6-13-24(3)19(22-2)23-16-20(11-14-25-15-12-20)17-7-9-18(21)10-8-17;/h4,7-10H,1,5-6,11-16H2,2-3H3,(H,22,23);1H. The van der Waals surface area contributed by atoms with Crippen molar-refractivity contribution in [3.8, 4) is 0 Å². The van der Waals surface area contributed by atoms with Crippen LogP contribution in [-0.2, 0) is 10.2 Å². The Kier molecular flexibility index (Phi) is 10.2. The molecule has 1 fully saturated rings. The van der Waals surface area contributed by atoms with Gasteiger partial charge in [0.15, 0.2) is 5.96 Å². The van der Waals surface area contributed by atoms with Gasteiger partial charge in [0.1, 0.15) is 5.82 Å². The van der Waals surface area contributed by atoms with Crippen LogP contribution in [0.3, 0.4) is 0 Å². The fourth-order valence-corrected chi connectivity index (χ4v) is 3.34. The number of hydrogen-bond donors (Lipinski definition) is 1. The Bertz CT molecular complexity index is 571. The smallest absolute Gasteiger partial charge is 0.193 e. The van der Waals surface area contributed by atoms with E-state index in [1.807, 2.05) is 25.3 Å². The van der Waals surface area contributed by atoms with Gasteiger partial charge in [0.05, 0.1) is 0 Å². The molecule has 26 heavy (non-hydrogen) atoms. The summed E-state index contributed by atoms with van der Waals surface area (Å²) in [6.07, 6.45) is 5.83. The summed E-state index contributed by atoms with van der Waals surface area (Å²) in [5, 5.41) is 3.52. The number of rotatable bonds is 7. The van der Waals surface area contributed by atoms with Crippen molar-refractivity contribution in [1.29, 1.82) is 0 Å². The minimum Gasteiger partial charge on any atom is -0.381 e. The van der Waals surface area contributed by atoms with Crippen LogP contribution in [0.25, 0.3) is 0 Å². The molecule has 1 heterocycles. The summed E-state index contributed by atoms with van der Waals surface area (Å²) in [7, 11) is 3.86. The summed E-state index contributed by atoms with van der Waals surface area (Å²) >= 11 is 0. The van der Waals surface area contributed by atoms with Gasteiger partial charge in [-0.25, -0.2) is 4.39 Å². The first-order valence-electron chi connectivity index (χ1n) is 8.98. The van der Waals surface area contributed by atoms with E-state index in [9.17, 15) is 4.39 Å². The molecule has 146 valence electrons. The fourth-order valence-electron chi connectivity index (χ4n) is 3.34. The first-order chi connectivity index (χ1) is 12.1. The molecule has 1 aliphatic heterocycles. The number of unbranched alkanes of at least 4 members (excludes halogenated alkanes) is 1. The maximum absolute atomic E-state index is 13.3. The quantitative estimate of drug-likeness (QED) is 0.213. The molecule has 4 nitrogen and oxygen atoms in total. The number of halogens is 2. The minimum absolute atomic E-state index is 0. The van der Waals surface area contributed by atoms with Gasteiger partial charge in [0.25, 0.3) is 0 Å². The van der Waals surface area contributed by atoms with Crippen molar-refractivity contribution in [2.24, 2.45) is 4.99 Å². The molecule has 0 bridgehead atoms. The Morgan fingerprint density at radius 2 is 2.00 bits per heavy atom. The lowest BCUT2D eigenvalue weighted by atomic mass is 9.74. The lowest BCUT2D eigenvalue weighted by molar-refractivity contribution is 0.0512. The molecule has 1 N–H and O–H groups in total. The summed E-state index contributed by atoms with van der Waals surface area (Å²) in [5.74, 6) is 0.689. The van der Waals surface area contributed by atoms with Crippen LogP contribution in [0.4, 0.5) is 4.39 Å². The summed E-state index contributed by atoms with van der Waals surface area (Å²) < 4.78 is 18.9. The second-order valence-corrected chi connectivity index (χ2v) is 6.65. The van der Waals surface area contributed by atoms with E-state index in [1.165, 1.54) is 0 Å². The van der Waals surface area contributed by atoms with E-state index in [2.05, 4.69) is 21.8 Å². The van der Waals surface area contributed by atoms with E-state index in [-0.39, 0.29) is 35.2 Å². The molecule has 0 aromatic heterocycles. The highest BCUT2D eigenvalue weighted by Gasteiger charge is 2.34. The SMILES string of the molecule is C=CCCCN(C)C(=NC)NCC1(c2ccc(F)cc2)CCOCC1.I. The van der Waals surface area contributed by atoms with Crippen LogP contribution in [0.5, 0.6) is 0 Å². The van der Waals surface area contributed by atoms with Gasteiger partial charge < -0.3 is 15.0 Å². The van der Waals surface area contributed by atoms with Gasteiger partial charge in [-0.05, 0) is 43.4 Å². The predicted molar refractivity (Wildman–Crippen MR) is 117 cm³/mol. The van der Waals surface area contributed by atoms with Gasteiger partial charge in [-0.15, -0.1) is 30.6 Å². The van der Waals surface area contributed by atoms with Gasteiger partial charge >= 0.3 is 0 Å². The number of guanidine groups is 1. The highest BCUT2D eigenvalue weighted by atomic mass is 127. The number of hydrogen-bond acceptors (Lipinski definition) is 2. The second kappa shape index (κ2) is 11.5. The van der Waals surface area contributed by atoms with E-state index in [1.54, 1.807) is 19.2 Å². The van der Waals surface area contributed by atoms with Crippen molar-refractivity contribution in [3.05, 3.63) is 48.3 Å². The van der Waals surface area contributed by atoms with E-state index in [0.717, 1.165) is 63.5 Å². The van der Waals surface area contributed by atoms with Crippen molar-refractivity contribution < 1.29 is 9.13 Å². The van der Waals surface area contributed by atoms with Gasteiger partial charge in [-0.1, -0.05) is 18.2 Å². The van der Waals surface area contributed by atoms with Crippen LogP contribution in [-0.4, -0.2) is 51.3 Å². The molecule has 0 saturated carbocycles. The average molecular weight is 475 g/mol. The highest BCUT2D eigenvalue weighted by Crippen LogP contribution is 2.34. The topological polar surface area (TPSA) is 36.9 Å². The highest BCUT2D eigenvalue weighted by molar-refractivity contribution is 14.0. The van der Waals surface area contributed by atoms with Gasteiger partial charge in [-0.2, -0.15) is 0 Å². The molecule has 1 aliphatic rings. The lowest BCUT2D eigenvalue weighted by Crippen LogP contribution is -2.48. The maximum atomic E-state index is 13.3. The molecule has 0 aliphatic carbocycles. The molecule has 0 amide bonds. The van der Waals surface area contributed by atoms with Gasteiger partial charge in [0, 0.05) is 45.8 Å². The molecule has 0 unspecified atom stereocenters. The number of aliphatic imine (C=N–C) groups is 1. The molecule has 0 spiro atoms. The summed E-state index contributed by atoms with van der Waals surface area (Å²) in [5.41, 5.74) is 1.11. The van der Waals surface area contributed by atoms with Crippen LogP contribution in [0.2, 0.25) is 0 Å². The lowest BCUT2D eigenvalue weighted by Gasteiger charge is -2.39. The van der Waals surface area contributed by atoms with Crippen LogP contribution in [0.15, 0.2) is 41.9 Å². The first-order valence-corrected chi connectivity index (χ1v) is 8.98. The van der Waals surface area contributed by atoms with E-state index >= 15 is 0 Å². The zero-order valence-electron chi connectivity index (χ0n) is 15.8. The van der Waals surface area contributed by atoms with Crippen LogP contribution in [0.1, 0.15) is 31.2 Å². The third-order valence-electron chi connectivity index (χ3n) is 4.97. The van der Waals surface area contributed by atoms with E-state index < -0.39 is 0 Å².